The van der Waals surface area contributed by atoms with Crippen molar-refractivity contribution in [3.05, 3.63) is 71.7 Å². The van der Waals surface area contributed by atoms with Crippen LogP contribution in [0, 0.1) is 0 Å². The summed E-state index contributed by atoms with van der Waals surface area (Å²) in [4.78, 5) is 0. The average molecular weight is 220 g/mol. The van der Waals surface area contributed by atoms with Crippen molar-refractivity contribution in [1.82, 2.24) is 0 Å². The van der Waals surface area contributed by atoms with Gasteiger partial charge in [0.1, 0.15) is 0 Å². The summed E-state index contributed by atoms with van der Waals surface area (Å²) < 4.78 is 58.2. The van der Waals surface area contributed by atoms with E-state index in [0.717, 1.165) is 6.42 Å². The third-order valence-corrected chi connectivity index (χ3v) is 1.98. The Morgan fingerprint density at radius 1 is 0.938 bits per heavy atom. The highest BCUT2D eigenvalue weighted by Gasteiger charge is 1.80. The van der Waals surface area contributed by atoms with Gasteiger partial charge in [-0.15, -0.1) is 0 Å². The summed E-state index contributed by atoms with van der Waals surface area (Å²) in [7, 11) is 0. The van der Waals surface area contributed by atoms with Crippen molar-refractivity contribution in [2.24, 2.45) is 0 Å². The summed E-state index contributed by atoms with van der Waals surface area (Å²) in [5.74, 6) is 0. The highest BCUT2D eigenvalue weighted by Crippen LogP contribution is 1.97. The van der Waals surface area contributed by atoms with Crippen LogP contribution in [0.5, 0.6) is 0 Å². The van der Waals surface area contributed by atoms with Gasteiger partial charge in [-0.25, -0.2) is 0 Å². The molecule has 0 atom stereocenters. The van der Waals surface area contributed by atoms with E-state index in [4.69, 9.17) is 11.0 Å². The minimum Gasteiger partial charge on any atom is -0.0622 e. The molecule has 0 bridgehead atoms. The lowest BCUT2D eigenvalue weighted by Crippen LogP contribution is -1.73. The van der Waals surface area contributed by atoms with E-state index in [-0.39, 0.29) is 5.56 Å². The molecule has 0 heteroatoms. The summed E-state index contributed by atoms with van der Waals surface area (Å²) in [6.07, 6.45) is 0.615. The van der Waals surface area contributed by atoms with Crippen LogP contribution >= 0.6 is 0 Å². The van der Waals surface area contributed by atoms with Gasteiger partial charge in [0, 0.05) is 4.11 Å². The van der Waals surface area contributed by atoms with Crippen LogP contribution in [0.2, 0.25) is 0 Å². The van der Waals surface area contributed by atoms with E-state index < -0.39 is 43.5 Å². The predicted molar refractivity (Wildman–Crippen MR) is 71.6 cm³/mol. The quantitative estimate of drug-likeness (QED) is 0.699. The third-order valence-electron chi connectivity index (χ3n) is 1.98. The van der Waals surface area contributed by atoms with Gasteiger partial charge in [-0.05, 0) is 24.0 Å². The summed E-state index contributed by atoms with van der Waals surface area (Å²) in [6.45, 7) is -0.191. The van der Waals surface area contributed by atoms with Gasteiger partial charge in [0.25, 0.3) is 0 Å². The Balaban J connectivity index is 0.000000300. The van der Waals surface area contributed by atoms with E-state index in [1.54, 1.807) is 0 Å². The third kappa shape index (κ3) is 4.79. The molecule has 0 nitrogen and oxygen atoms in total. The zero-order valence-corrected chi connectivity index (χ0v) is 9.30. The highest BCUT2D eigenvalue weighted by atomic mass is 13.9. The topological polar surface area (TPSA) is 0 Å². The van der Waals surface area contributed by atoms with E-state index in [2.05, 4.69) is 31.2 Å². The van der Waals surface area contributed by atoms with Crippen molar-refractivity contribution in [3.8, 4) is 0 Å². The van der Waals surface area contributed by atoms with Gasteiger partial charge in [-0.1, -0.05) is 74.3 Å². The van der Waals surface area contributed by atoms with Crippen LogP contribution in [-0.2, 0) is 12.8 Å². The van der Waals surface area contributed by atoms with Crippen molar-refractivity contribution in [3.63, 3.8) is 0 Å². The average Bonchev–Trinajstić information content (AvgIpc) is 2.55. The fourth-order valence-electron chi connectivity index (χ4n) is 1.08. The molecule has 0 unspecified atom stereocenters. The predicted octanol–water partition coefficient (Wildman–Crippen LogP) is 4.50. The molecule has 0 aliphatic carbocycles. The lowest BCUT2D eigenvalue weighted by atomic mass is 10.2. The molecule has 0 spiro atoms. The Hall–Kier alpha value is -1.56. The molecule has 0 radical (unpaired) electrons. The number of rotatable bonds is 2. The normalized spacial score (nSPS) is 17.1. The van der Waals surface area contributed by atoms with Crippen LogP contribution in [-0.4, -0.2) is 0 Å². The minimum absolute atomic E-state index is 0.161. The molecule has 16 heavy (non-hydrogen) atoms. The molecule has 0 aromatic heterocycles. The second-order valence-electron chi connectivity index (χ2n) is 3.12. The maximum absolute atomic E-state index is 7.49. The van der Waals surface area contributed by atoms with E-state index >= 15 is 0 Å². The number of aryl methyl sites for hydroxylation is 1. The first-order valence-electron chi connectivity index (χ1n) is 9.18. The Labute approximate surface area is 110 Å². The molecular formula is C16H20. The molecule has 0 saturated carbocycles. The van der Waals surface area contributed by atoms with Crippen molar-refractivity contribution in [1.29, 1.82) is 0 Å². The van der Waals surface area contributed by atoms with Crippen molar-refractivity contribution in [2.45, 2.75) is 26.6 Å². The maximum Gasteiger partial charge on any atom is 0.0626 e. The number of hydrogen-bond donors (Lipinski definition) is 0. The van der Waals surface area contributed by atoms with Crippen LogP contribution < -0.4 is 0 Å². The molecule has 0 heterocycles. The van der Waals surface area contributed by atoms with Gasteiger partial charge in [-0.2, -0.15) is 0 Å². The standard InChI is InChI=1S/2C8H10/c2*1-2-8-6-4-3-5-7-8/h2*3-7H,2H2,1H3/i1D3,3D,4D,5D,6D,7D;. The van der Waals surface area contributed by atoms with Crippen LogP contribution in [0.3, 0.4) is 0 Å². The summed E-state index contributed by atoms with van der Waals surface area (Å²) in [5, 5.41) is 0. The molecule has 0 aliphatic heterocycles. The lowest BCUT2D eigenvalue weighted by molar-refractivity contribution is 1.14. The molecule has 0 N–H and O–H groups in total. The summed E-state index contributed by atoms with van der Waals surface area (Å²) in [5.41, 5.74) is 1.25. The largest absolute Gasteiger partial charge is 0.0626 e. The van der Waals surface area contributed by atoms with Crippen LogP contribution in [0.1, 0.15) is 35.9 Å². The zero-order chi connectivity index (χ0) is 18.5. The minimum atomic E-state index is -2.35. The first-order valence-corrected chi connectivity index (χ1v) is 5.18. The monoisotopic (exact) mass is 220 g/mol. The molecule has 2 aromatic carbocycles. The van der Waals surface area contributed by atoms with Crippen LogP contribution in [0.4, 0.5) is 0 Å². The molecule has 0 amide bonds. The van der Waals surface area contributed by atoms with Crippen molar-refractivity contribution >= 4 is 0 Å². The second-order valence-corrected chi connectivity index (χ2v) is 3.12. The van der Waals surface area contributed by atoms with E-state index in [1.807, 2.05) is 6.07 Å². The second kappa shape index (κ2) is 7.70. The van der Waals surface area contributed by atoms with Crippen LogP contribution in [0.15, 0.2) is 60.5 Å². The van der Waals surface area contributed by atoms with E-state index in [0.29, 0.717) is 0 Å². The van der Waals surface area contributed by atoms with Gasteiger partial charge in [-0.3, -0.25) is 0 Å². The van der Waals surface area contributed by atoms with Gasteiger partial charge >= 0.3 is 0 Å². The summed E-state index contributed by atoms with van der Waals surface area (Å²) >= 11 is 0. The maximum atomic E-state index is 7.49. The fraction of sp³-hybridized carbons (Fsp3) is 0.250. The lowest BCUT2D eigenvalue weighted by Gasteiger charge is -1.89. The Bertz CT molecular complexity index is 648. The van der Waals surface area contributed by atoms with E-state index in [1.165, 1.54) is 5.56 Å². The Kier molecular flexibility index (Phi) is 2.49. The first-order chi connectivity index (χ1) is 11.1. The Morgan fingerprint density at radius 3 is 2.12 bits per heavy atom. The van der Waals surface area contributed by atoms with Crippen molar-refractivity contribution < 1.29 is 11.0 Å². The highest BCUT2D eigenvalue weighted by molar-refractivity contribution is 5.14. The van der Waals surface area contributed by atoms with Crippen LogP contribution in [0.25, 0.3) is 0 Å². The van der Waals surface area contributed by atoms with Crippen molar-refractivity contribution in [2.75, 3.05) is 0 Å². The van der Waals surface area contributed by atoms with E-state index in [9.17, 15) is 0 Å². The molecule has 0 saturated heterocycles. The molecular weight excluding hydrogens is 192 g/mol. The Morgan fingerprint density at radius 2 is 1.62 bits per heavy atom. The molecule has 2 aromatic rings. The number of hydrogen-bond acceptors (Lipinski definition) is 0. The number of benzene rings is 2. The molecule has 0 fully saturated rings. The van der Waals surface area contributed by atoms with Gasteiger partial charge < -0.3 is 0 Å². The smallest absolute Gasteiger partial charge is 0.0622 e. The summed E-state index contributed by atoms with van der Waals surface area (Å²) in [6, 6.07) is 8.06. The SMILES string of the molecule is CCc1ccccc1.[2H]c1c([2H])c([2H])c(CC([2H])([2H])[2H])c([2H])c1[2H]. The van der Waals surface area contributed by atoms with Gasteiger partial charge in [0.05, 0.1) is 6.85 Å². The molecule has 2 rings (SSSR count). The molecule has 0 aliphatic rings. The van der Waals surface area contributed by atoms with Gasteiger partial charge in [0.2, 0.25) is 0 Å². The first kappa shape index (κ1) is 5.18. The van der Waals surface area contributed by atoms with Gasteiger partial charge in [0.15, 0.2) is 0 Å². The fourth-order valence-corrected chi connectivity index (χ4v) is 1.08. The molecule has 84 valence electrons. The zero-order valence-electron chi connectivity index (χ0n) is 17.3.